The Morgan fingerprint density at radius 1 is 1.24 bits per heavy atom. The van der Waals surface area contributed by atoms with Gasteiger partial charge in [0.2, 0.25) is 5.90 Å². The van der Waals surface area contributed by atoms with Crippen LogP contribution < -0.4 is 4.74 Å². The number of benzene rings is 2. The first-order valence-corrected chi connectivity index (χ1v) is 8.62. The first kappa shape index (κ1) is 19.7. The van der Waals surface area contributed by atoms with Crippen LogP contribution in [0.15, 0.2) is 59.2 Å². The van der Waals surface area contributed by atoms with E-state index in [1.54, 1.807) is 31.2 Å². The van der Waals surface area contributed by atoms with Crippen LogP contribution in [0.5, 0.6) is 5.75 Å². The summed E-state index contributed by atoms with van der Waals surface area (Å²) >= 11 is 0. The van der Waals surface area contributed by atoms with Gasteiger partial charge in [0.05, 0.1) is 11.5 Å². The first-order chi connectivity index (χ1) is 14.0. The molecule has 1 aliphatic rings. The smallest absolute Gasteiger partial charge is 0.363 e. The molecule has 0 spiro atoms. The Kier molecular flexibility index (Phi) is 5.98. The highest BCUT2D eigenvalue weighted by atomic mass is 16.6. The van der Waals surface area contributed by atoms with Crippen LogP contribution in [0, 0.1) is 10.1 Å². The predicted octanol–water partition coefficient (Wildman–Crippen LogP) is 2.88. The number of ether oxygens (including phenoxy) is 3. The molecule has 0 saturated carbocycles. The van der Waals surface area contributed by atoms with E-state index in [1.807, 2.05) is 0 Å². The Bertz CT molecular complexity index is 1010. The molecule has 2 aromatic carbocycles. The minimum absolute atomic E-state index is 0.0610. The maximum Gasteiger partial charge on any atom is 0.363 e. The van der Waals surface area contributed by atoms with E-state index < -0.39 is 16.9 Å². The normalized spacial score (nSPS) is 14.3. The van der Waals surface area contributed by atoms with E-state index in [1.165, 1.54) is 30.3 Å². The number of esters is 2. The fraction of sp³-hybridized carbons (Fsp3) is 0.150. The van der Waals surface area contributed by atoms with Crippen molar-refractivity contribution in [3.63, 3.8) is 0 Å². The van der Waals surface area contributed by atoms with E-state index in [4.69, 9.17) is 14.2 Å². The largest absolute Gasteiger partial charge is 0.482 e. The molecule has 0 aliphatic carbocycles. The molecule has 2 aromatic rings. The second kappa shape index (κ2) is 8.79. The third kappa shape index (κ3) is 5.04. The molecule has 0 unspecified atom stereocenters. The van der Waals surface area contributed by atoms with Crippen LogP contribution in [-0.4, -0.2) is 36.0 Å². The van der Waals surface area contributed by atoms with Crippen molar-refractivity contribution in [2.45, 2.75) is 6.92 Å². The van der Waals surface area contributed by atoms with Crippen molar-refractivity contribution >= 4 is 29.6 Å². The van der Waals surface area contributed by atoms with Gasteiger partial charge in [-0.2, -0.15) is 0 Å². The number of carbonyl (C=O) groups is 2. The molecule has 9 heteroatoms. The van der Waals surface area contributed by atoms with Crippen molar-refractivity contribution in [1.29, 1.82) is 0 Å². The molecule has 0 N–H and O–H groups in total. The zero-order chi connectivity index (χ0) is 20.8. The Morgan fingerprint density at radius 3 is 2.69 bits per heavy atom. The number of rotatable bonds is 7. The molecule has 0 saturated heterocycles. The topological polar surface area (TPSA) is 117 Å². The van der Waals surface area contributed by atoms with Gasteiger partial charge in [-0.1, -0.05) is 12.1 Å². The minimum atomic E-state index is -0.642. The Labute approximate surface area is 165 Å². The fourth-order valence-electron chi connectivity index (χ4n) is 2.46. The van der Waals surface area contributed by atoms with Crippen LogP contribution in [0.3, 0.4) is 0 Å². The van der Waals surface area contributed by atoms with E-state index >= 15 is 0 Å². The van der Waals surface area contributed by atoms with Gasteiger partial charge < -0.3 is 14.2 Å². The lowest BCUT2D eigenvalue weighted by molar-refractivity contribution is -0.384. The first-order valence-electron chi connectivity index (χ1n) is 8.62. The fourth-order valence-corrected chi connectivity index (χ4v) is 2.46. The third-order valence-corrected chi connectivity index (χ3v) is 3.77. The Balaban J connectivity index is 1.76. The Morgan fingerprint density at radius 2 is 2.00 bits per heavy atom. The van der Waals surface area contributed by atoms with E-state index in [0.29, 0.717) is 16.9 Å². The number of aliphatic imine (C=N–C) groups is 1. The highest BCUT2D eigenvalue weighted by Crippen LogP contribution is 2.22. The molecule has 1 aliphatic heterocycles. The van der Waals surface area contributed by atoms with Gasteiger partial charge >= 0.3 is 11.9 Å². The lowest BCUT2D eigenvalue weighted by Crippen LogP contribution is -2.14. The summed E-state index contributed by atoms with van der Waals surface area (Å²) in [6.45, 7) is 1.75. The molecule has 0 atom stereocenters. The quantitative estimate of drug-likeness (QED) is 0.306. The number of hydrogen-bond acceptors (Lipinski definition) is 8. The number of nitro benzene ring substituents is 1. The van der Waals surface area contributed by atoms with Crippen LogP contribution in [0.1, 0.15) is 18.1 Å². The zero-order valence-electron chi connectivity index (χ0n) is 15.4. The second-order valence-corrected chi connectivity index (χ2v) is 5.81. The minimum Gasteiger partial charge on any atom is -0.482 e. The van der Waals surface area contributed by atoms with Crippen molar-refractivity contribution in [3.8, 4) is 5.75 Å². The summed E-state index contributed by atoms with van der Waals surface area (Å²) in [6, 6.07) is 12.3. The van der Waals surface area contributed by atoms with Crippen LogP contribution in [0.2, 0.25) is 0 Å². The number of non-ortho nitro benzene ring substituents is 1. The maximum atomic E-state index is 12.1. The standard InChI is InChI=1S/C20H16N2O7/c1-2-27-18(23)12-28-16-5-3-4-13(10-16)11-17-20(24)29-19(21-17)14-6-8-15(9-7-14)22(25)26/h3-11H,2,12H2,1H3/b17-11-. The van der Waals surface area contributed by atoms with Crippen LogP contribution in [0.4, 0.5) is 5.69 Å². The van der Waals surface area contributed by atoms with Crippen molar-refractivity contribution < 1.29 is 28.7 Å². The van der Waals surface area contributed by atoms with Crippen LogP contribution in [-0.2, 0) is 19.1 Å². The van der Waals surface area contributed by atoms with Gasteiger partial charge in [0.15, 0.2) is 12.3 Å². The third-order valence-electron chi connectivity index (χ3n) is 3.77. The molecule has 0 aromatic heterocycles. The van der Waals surface area contributed by atoms with E-state index in [9.17, 15) is 19.7 Å². The van der Waals surface area contributed by atoms with Crippen molar-refractivity contribution in [3.05, 3.63) is 75.5 Å². The molecular formula is C20H16N2O7. The molecule has 0 amide bonds. The number of carbonyl (C=O) groups excluding carboxylic acids is 2. The van der Waals surface area contributed by atoms with Gasteiger partial charge in [0.25, 0.3) is 5.69 Å². The SMILES string of the molecule is CCOC(=O)COc1cccc(/C=C2\N=C(c3ccc([N+](=O)[O-])cc3)OC2=O)c1. The molecule has 0 fully saturated rings. The number of hydrogen-bond donors (Lipinski definition) is 0. The molecular weight excluding hydrogens is 380 g/mol. The molecule has 0 radical (unpaired) electrons. The summed E-state index contributed by atoms with van der Waals surface area (Å²) < 4.78 is 15.3. The average Bonchev–Trinajstić information content (AvgIpc) is 3.07. The highest BCUT2D eigenvalue weighted by Gasteiger charge is 2.24. The monoisotopic (exact) mass is 396 g/mol. The van der Waals surface area contributed by atoms with Gasteiger partial charge in [-0.3, -0.25) is 10.1 Å². The van der Waals surface area contributed by atoms with Crippen LogP contribution in [0.25, 0.3) is 6.08 Å². The van der Waals surface area contributed by atoms with Crippen molar-refractivity contribution in [1.82, 2.24) is 0 Å². The van der Waals surface area contributed by atoms with Gasteiger partial charge in [-0.15, -0.1) is 0 Å². The molecule has 9 nitrogen and oxygen atoms in total. The van der Waals surface area contributed by atoms with Crippen LogP contribution >= 0.6 is 0 Å². The van der Waals surface area contributed by atoms with Gasteiger partial charge in [-0.25, -0.2) is 14.6 Å². The summed E-state index contributed by atoms with van der Waals surface area (Å²) in [5, 5.41) is 10.7. The van der Waals surface area contributed by atoms with Gasteiger partial charge in [-0.05, 0) is 42.8 Å². The molecule has 3 rings (SSSR count). The number of cyclic esters (lactones) is 1. The number of nitro groups is 1. The molecule has 1 heterocycles. The predicted molar refractivity (Wildman–Crippen MR) is 102 cm³/mol. The highest BCUT2D eigenvalue weighted by molar-refractivity contribution is 6.12. The lowest BCUT2D eigenvalue weighted by atomic mass is 10.2. The van der Waals surface area contributed by atoms with Gasteiger partial charge in [0.1, 0.15) is 5.75 Å². The molecule has 148 valence electrons. The zero-order valence-corrected chi connectivity index (χ0v) is 15.4. The van der Waals surface area contributed by atoms with E-state index in [2.05, 4.69) is 4.99 Å². The van der Waals surface area contributed by atoms with E-state index in [0.717, 1.165) is 0 Å². The number of nitrogens with zero attached hydrogens (tertiary/aromatic N) is 2. The summed E-state index contributed by atoms with van der Waals surface area (Å²) in [6.07, 6.45) is 1.51. The van der Waals surface area contributed by atoms with Crippen molar-refractivity contribution in [2.24, 2.45) is 4.99 Å². The summed E-state index contributed by atoms with van der Waals surface area (Å²) in [5.74, 6) is -0.631. The average molecular weight is 396 g/mol. The summed E-state index contributed by atoms with van der Waals surface area (Å²) in [4.78, 5) is 37.8. The maximum absolute atomic E-state index is 12.1. The molecule has 0 bridgehead atoms. The van der Waals surface area contributed by atoms with E-state index in [-0.39, 0.29) is 30.5 Å². The Hall–Kier alpha value is -4.01. The summed E-state index contributed by atoms with van der Waals surface area (Å²) in [7, 11) is 0. The molecule has 29 heavy (non-hydrogen) atoms. The van der Waals surface area contributed by atoms with Gasteiger partial charge in [0, 0.05) is 17.7 Å². The van der Waals surface area contributed by atoms with Crippen molar-refractivity contribution in [2.75, 3.05) is 13.2 Å². The lowest BCUT2D eigenvalue weighted by Gasteiger charge is -2.06. The second-order valence-electron chi connectivity index (χ2n) is 5.81. The summed E-state index contributed by atoms with van der Waals surface area (Å²) in [5.41, 5.74) is 1.06.